The van der Waals surface area contributed by atoms with Crippen molar-refractivity contribution in [1.82, 2.24) is 10.6 Å². The number of hydrogen-bond donors (Lipinski definition) is 3. The fraction of sp³-hybridized carbons (Fsp3) is 0.385. The third-order valence-corrected chi connectivity index (χ3v) is 2.48. The van der Waals surface area contributed by atoms with Gasteiger partial charge in [-0.2, -0.15) is 0 Å². The number of anilines is 1. The normalized spacial score (nSPS) is 9.63. The van der Waals surface area contributed by atoms with Gasteiger partial charge in [0.25, 0.3) is 0 Å². The van der Waals surface area contributed by atoms with Crippen molar-refractivity contribution in [3.05, 3.63) is 23.8 Å². The van der Waals surface area contributed by atoms with Crippen LogP contribution in [0.4, 0.5) is 15.3 Å². The molecule has 3 amide bonds. The molecule has 0 fully saturated rings. The third-order valence-electron chi connectivity index (χ3n) is 2.48. The molecule has 0 heterocycles. The molecule has 1 rings (SSSR count). The number of amides is 3. The standard InChI is InChI=1S/C13H19N3O3/c1-4-5-9-6-7-10(16-12(17)14-2)8-11(9)19-13(18)15-3/h6-8H,4-5H2,1-3H3,(H,15,18)(H2,14,16,17). The smallest absolute Gasteiger partial charge is 0.410 e. The van der Waals surface area contributed by atoms with Gasteiger partial charge in [-0.1, -0.05) is 19.4 Å². The van der Waals surface area contributed by atoms with Gasteiger partial charge in [0.05, 0.1) is 0 Å². The topological polar surface area (TPSA) is 79.5 Å². The number of carbonyl (C=O) groups excluding carboxylic acids is 2. The summed E-state index contributed by atoms with van der Waals surface area (Å²) in [5.74, 6) is 0.454. The highest BCUT2D eigenvalue weighted by Gasteiger charge is 2.09. The van der Waals surface area contributed by atoms with Crippen LogP contribution in [-0.4, -0.2) is 26.2 Å². The van der Waals surface area contributed by atoms with E-state index in [2.05, 4.69) is 16.0 Å². The van der Waals surface area contributed by atoms with Crippen molar-refractivity contribution in [1.29, 1.82) is 0 Å². The first-order valence-corrected chi connectivity index (χ1v) is 6.12. The summed E-state index contributed by atoms with van der Waals surface area (Å²) in [6.45, 7) is 2.04. The molecule has 0 bridgehead atoms. The molecule has 0 aromatic heterocycles. The summed E-state index contributed by atoms with van der Waals surface area (Å²) < 4.78 is 5.18. The van der Waals surface area contributed by atoms with Gasteiger partial charge in [0.15, 0.2) is 0 Å². The number of hydrogen-bond acceptors (Lipinski definition) is 3. The van der Waals surface area contributed by atoms with Gasteiger partial charge >= 0.3 is 12.1 Å². The minimum absolute atomic E-state index is 0.325. The highest BCUT2D eigenvalue weighted by Crippen LogP contribution is 2.25. The molecular formula is C13H19N3O3. The largest absolute Gasteiger partial charge is 0.412 e. The van der Waals surface area contributed by atoms with Crippen LogP contribution in [0.1, 0.15) is 18.9 Å². The van der Waals surface area contributed by atoms with Crippen molar-refractivity contribution in [3.63, 3.8) is 0 Å². The molecular weight excluding hydrogens is 246 g/mol. The van der Waals surface area contributed by atoms with Gasteiger partial charge in [0.1, 0.15) is 5.75 Å². The predicted molar refractivity (Wildman–Crippen MR) is 73.6 cm³/mol. The lowest BCUT2D eigenvalue weighted by molar-refractivity contribution is 0.202. The van der Waals surface area contributed by atoms with Crippen molar-refractivity contribution in [2.45, 2.75) is 19.8 Å². The molecule has 19 heavy (non-hydrogen) atoms. The van der Waals surface area contributed by atoms with Crippen molar-refractivity contribution >= 4 is 17.8 Å². The number of benzene rings is 1. The Morgan fingerprint density at radius 2 is 1.95 bits per heavy atom. The Bertz CT molecular complexity index is 460. The average molecular weight is 265 g/mol. The average Bonchev–Trinajstić information content (AvgIpc) is 2.41. The van der Waals surface area contributed by atoms with Gasteiger partial charge in [-0.05, 0) is 18.1 Å². The first kappa shape index (κ1) is 14.8. The SMILES string of the molecule is CCCc1ccc(NC(=O)NC)cc1OC(=O)NC. The number of carbonyl (C=O) groups is 2. The van der Waals surface area contributed by atoms with Crippen LogP contribution in [0.15, 0.2) is 18.2 Å². The lowest BCUT2D eigenvalue weighted by Gasteiger charge is -2.12. The Balaban J connectivity index is 2.96. The Morgan fingerprint density at radius 3 is 2.53 bits per heavy atom. The van der Waals surface area contributed by atoms with E-state index in [9.17, 15) is 9.59 Å². The lowest BCUT2D eigenvalue weighted by atomic mass is 10.1. The Hall–Kier alpha value is -2.24. The number of nitrogens with one attached hydrogen (secondary N) is 3. The third kappa shape index (κ3) is 4.50. The van der Waals surface area contributed by atoms with Gasteiger partial charge < -0.3 is 20.7 Å². The van der Waals surface area contributed by atoms with Crippen LogP contribution in [0, 0.1) is 0 Å². The Kier molecular flexibility index (Phi) is 5.66. The summed E-state index contributed by atoms with van der Waals surface area (Å²) in [7, 11) is 3.02. The molecule has 3 N–H and O–H groups in total. The number of aryl methyl sites for hydroxylation is 1. The highest BCUT2D eigenvalue weighted by atomic mass is 16.6. The molecule has 1 aromatic carbocycles. The van der Waals surface area contributed by atoms with Gasteiger partial charge in [0, 0.05) is 25.8 Å². The summed E-state index contributed by atoms with van der Waals surface area (Å²) in [5.41, 5.74) is 1.49. The van der Waals surface area contributed by atoms with Crippen LogP contribution in [-0.2, 0) is 6.42 Å². The predicted octanol–water partition coefficient (Wildman–Crippen LogP) is 2.11. The fourth-order valence-electron chi connectivity index (χ4n) is 1.55. The minimum Gasteiger partial charge on any atom is -0.410 e. The molecule has 6 heteroatoms. The molecule has 0 saturated heterocycles. The van der Waals surface area contributed by atoms with Crippen LogP contribution < -0.4 is 20.7 Å². The van der Waals surface area contributed by atoms with E-state index in [1.807, 2.05) is 13.0 Å². The zero-order valence-electron chi connectivity index (χ0n) is 11.4. The molecule has 0 unspecified atom stereocenters. The number of rotatable bonds is 4. The van der Waals surface area contributed by atoms with E-state index in [-0.39, 0.29) is 6.03 Å². The lowest BCUT2D eigenvalue weighted by Crippen LogP contribution is -2.25. The van der Waals surface area contributed by atoms with E-state index in [0.717, 1.165) is 18.4 Å². The van der Waals surface area contributed by atoms with E-state index in [4.69, 9.17) is 4.74 Å². The number of ether oxygens (including phenoxy) is 1. The van der Waals surface area contributed by atoms with Crippen molar-refractivity contribution in [3.8, 4) is 5.75 Å². The maximum Gasteiger partial charge on any atom is 0.412 e. The van der Waals surface area contributed by atoms with E-state index in [1.165, 1.54) is 14.1 Å². The fourth-order valence-corrected chi connectivity index (χ4v) is 1.55. The summed E-state index contributed by atoms with van der Waals surface area (Å²) in [6, 6.07) is 4.92. The monoisotopic (exact) mass is 265 g/mol. The van der Waals surface area contributed by atoms with Crippen molar-refractivity contribution in [2.75, 3.05) is 19.4 Å². The second-order valence-electron chi connectivity index (χ2n) is 3.92. The zero-order chi connectivity index (χ0) is 14.3. The van der Waals surface area contributed by atoms with Gasteiger partial charge in [0.2, 0.25) is 0 Å². The van der Waals surface area contributed by atoms with Crippen LogP contribution in [0.25, 0.3) is 0 Å². The minimum atomic E-state index is -0.533. The second kappa shape index (κ2) is 7.25. The van der Waals surface area contributed by atoms with Gasteiger partial charge in [-0.3, -0.25) is 0 Å². The first-order chi connectivity index (χ1) is 9.10. The first-order valence-electron chi connectivity index (χ1n) is 6.12. The van der Waals surface area contributed by atoms with Crippen LogP contribution >= 0.6 is 0 Å². The van der Waals surface area contributed by atoms with Gasteiger partial charge in [-0.15, -0.1) is 0 Å². The van der Waals surface area contributed by atoms with Crippen molar-refractivity contribution < 1.29 is 14.3 Å². The molecule has 0 aliphatic heterocycles. The van der Waals surface area contributed by atoms with E-state index in [1.54, 1.807) is 12.1 Å². The van der Waals surface area contributed by atoms with Crippen LogP contribution in [0.2, 0.25) is 0 Å². The summed E-state index contributed by atoms with van der Waals surface area (Å²) >= 11 is 0. The molecule has 104 valence electrons. The Labute approximate surface area is 112 Å². The Morgan fingerprint density at radius 1 is 1.21 bits per heavy atom. The van der Waals surface area contributed by atoms with Crippen molar-refractivity contribution in [2.24, 2.45) is 0 Å². The zero-order valence-corrected chi connectivity index (χ0v) is 11.4. The molecule has 0 aliphatic rings. The second-order valence-corrected chi connectivity index (χ2v) is 3.92. The molecule has 0 saturated carbocycles. The number of urea groups is 1. The highest BCUT2D eigenvalue weighted by molar-refractivity contribution is 5.89. The molecule has 0 atom stereocenters. The van der Waals surface area contributed by atoms with Crippen LogP contribution in [0.5, 0.6) is 5.75 Å². The van der Waals surface area contributed by atoms with Crippen LogP contribution in [0.3, 0.4) is 0 Å². The molecule has 0 aliphatic carbocycles. The summed E-state index contributed by atoms with van der Waals surface area (Å²) in [4.78, 5) is 22.5. The maximum atomic E-state index is 11.3. The van der Waals surface area contributed by atoms with E-state index < -0.39 is 6.09 Å². The quantitative estimate of drug-likeness (QED) is 0.780. The summed E-state index contributed by atoms with van der Waals surface area (Å²) in [6.07, 6.45) is 1.20. The molecule has 0 radical (unpaired) electrons. The van der Waals surface area contributed by atoms with E-state index >= 15 is 0 Å². The molecule has 0 spiro atoms. The van der Waals surface area contributed by atoms with E-state index in [0.29, 0.717) is 11.4 Å². The molecule has 1 aromatic rings. The molecule has 6 nitrogen and oxygen atoms in total. The summed E-state index contributed by atoms with van der Waals surface area (Å²) in [5, 5.41) is 7.48. The maximum absolute atomic E-state index is 11.3. The van der Waals surface area contributed by atoms with Gasteiger partial charge in [-0.25, -0.2) is 9.59 Å².